The number of ether oxygens (including phenoxy) is 2. The number of amides is 1. The number of methoxy groups -OCH3 is 1. The van der Waals surface area contributed by atoms with Gasteiger partial charge in [-0.2, -0.15) is 0 Å². The van der Waals surface area contributed by atoms with Crippen LogP contribution in [0.25, 0.3) is 0 Å². The van der Waals surface area contributed by atoms with Crippen LogP contribution in [0.3, 0.4) is 0 Å². The zero-order valence-corrected chi connectivity index (χ0v) is 13.2. The van der Waals surface area contributed by atoms with Crippen LogP contribution in [0.5, 0.6) is 11.5 Å². The Morgan fingerprint density at radius 1 is 1.48 bits per heavy atom. The molecule has 2 N–H and O–H groups in total. The van der Waals surface area contributed by atoms with Gasteiger partial charge in [-0.3, -0.25) is 4.79 Å². The summed E-state index contributed by atoms with van der Waals surface area (Å²) < 4.78 is 11.0. The van der Waals surface area contributed by atoms with Gasteiger partial charge in [0, 0.05) is 29.7 Å². The summed E-state index contributed by atoms with van der Waals surface area (Å²) in [6.07, 6.45) is 2.76. The van der Waals surface area contributed by atoms with E-state index >= 15 is 0 Å². The first-order valence-electron chi connectivity index (χ1n) is 7.01. The summed E-state index contributed by atoms with van der Waals surface area (Å²) in [7, 11) is 3.35. The topological polar surface area (TPSA) is 64.8 Å². The normalized spacial score (nSPS) is 13.9. The molecule has 116 valence electrons. The number of likely N-dealkylation sites (N-methyl/N-ethyl adjacent to an activating group) is 1. The molecule has 0 unspecified atom stereocenters. The monoisotopic (exact) mass is 312 g/mol. The molecule has 0 heterocycles. The van der Waals surface area contributed by atoms with Crippen molar-refractivity contribution in [1.29, 1.82) is 0 Å². The van der Waals surface area contributed by atoms with Crippen molar-refractivity contribution in [3.63, 3.8) is 0 Å². The van der Waals surface area contributed by atoms with E-state index in [2.05, 4.69) is 0 Å². The fourth-order valence-electron chi connectivity index (χ4n) is 2.18. The fourth-order valence-corrected chi connectivity index (χ4v) is 2.41. The lowest BCUT2D eigenvalue weighted by Gasteiger charge is -2.19. The molecule has 0 aliphatic heterocycles. The van der Waals surface area contributed by atoms with Crippen LogP contribution in [0.4, 0.5) is 0 Å². The molecule has 6 heteroatoms. The Labute approximate surface area is 130 Å². The van der Waals surface area contributed by atoms with Gasteiger partial charge in [-0.1, -0.05) is 11.6 Å². The van der Waals surface area contributed by atoms with E-state index in [9.17, 15) is 4.79 Å². The van der Waals surface area contributed by atoms with E-state index in [4.69, 9.17) is 26.8 Å². The predicted octanol–water partition coefficient (Wildman–Crippen LogP) is 1.85. The van der Waals surface area contributed by atoms with Gasteiger partial charge in [-0.25, -0.2) is 0 Å². The SMILES string of the molecule is COc1cc(Cl)cc(CCN)c1OCC(=O)N(C)C1CC1. The molecule has 1 amide bonds. The van der Waals surface area contributed by atoms with Crippen LogP contribution < -0.4 is 15.2 Å². The molecule has 0 saturated heterocycles. The third-order valence-electron chi connectivity index (χ3n) is 3.56. The Morgan fingerprint density at radius 3 is 2.76 bits per heavy atom. The summed E-state index contributed by atoms with van der Waals surface area (Å²) >= 11 is 6.05. The summed E-state index contributed by atoms with van der Waals surface area (Å²) in [5, 5.41) is 0.559. The first kappa shape index (κ1) is 15.9. The number of carbonyl (C=O) groups is 1. The van der Waals surface area contributed by atoms with Crippen LogP contribution in [0.2, 0.25) is 5.02 Å². The highest BCUT2D eigenvalue weighted by Gasteiger charge is 2.29. The molecule has 0 aromatic heterocycles. The first-order chi connectivity index (χ1) is 10.1. The van der Waals surface area contributed by atoms with Gasteiger partial charge in [0.1, 0.15) is 0 Å². The first-order valence-corrected chi connectivity index (χ1v) is 7.39. The maximum atomic E-state index is 12.0. The summed E-state index contributed by atoms with van der Waals surface area (Å²) in [5.74, 6) is 1.03. The number of hydrogen-bond donors (Lipinski definition) is 1. The lowest BCUT2D eigenvalue weighted by molar-refractivity contribution is -0.132. The van der Waals surface area contributed by atoms with Crippen molar-refractivity contribution in [2.24, 2.45) is 5.73 Å². The van der Waals surface area contributed by atoms with Crippen LogP contribution in [0.15, 0.2) is 12.1 Å². The molecule has 1 fully saturated rings. The van der Waals surface area contributed by atoms with Crippen molar-refractivity contribution in [2.75, 3.05) is 27.3 Å². The zero-order valence-electron chi connectivity index (χ0n) is 12.4. The minimum atomic E-state index is -0.0341. The van der Waals surface area contributed by atoms with Gasteiger partial charge in [-0.15, -0.1) is 0 Å². The van der Waals surface area contributed by atoms with Gasteiger partial charge in [-0.05, 0) is 31.9 Å². The molecular weight excluding hydrogens is 292 g/mol. The molecular formula is C15H21ClN2O3. The molecule has 1 aromatic rings. The molecule has 21 heavy (non-hydrogen) atoms. The largest absolute Gasteiger partial charge is 0.493 e. The van der Waals surface area contributed by atoms with Crippen LogP contribution >= 0.6 is 11.6 Å². The predicted molar refractivity (Wildman–Crippen MR) is 82.0 cm³/mol. The number of hydrogen-bond acceptors (Lipinski definition) is 4. The van der Waals surface area contributed by atoms with Crippen LogP contribution in [0, 0.1) is 0 Å². The Hall–Kier alpha value is -1.46. The van der Waals surface area contributed by atoms with E-state index < -0.39 is 0 Å². The highest BCUT2D eigenvalue weighted by atomic mass is 35.5. The van der Waals surface area contributed by atoms with Crippen molar-refractivity contribution >= 4 is 17.5 Å². The summed E-state index contributed by atoms with van der Waals surface area (Å²) in [4.78, 5) is 13.8. The van der Waals surface area contributed by atoms with Crippen molar-refractivity contribution in [2.45, 2.75) is 25.3 Å². The minimum absolute atomic E-state index is 0.0113. The number of nitrogens with zero attached hydrogens (tertiary/aromatic N) is 1. The van der Waals surface area contributed by atoms with E-state index in [0.717, 1.165) is 18.4 Å². The van der Waals surface area contributed by atoms with E-state index in [1.54, 1.807) is 24.1 Å². The lowest BCUT2D eigenvalue weighted by atomic mass is 10.1. The molecule has 0 spiro atoms. The molecule has 1 aliphatic rings. The van der Waals surface area contributed by atoms with E-state index in [0.29, 0.717) is 35.5 Å². The lowest BCUT2D eigenvalue weighted by Crippen LogP contribution is -2.33. The van der Waals surface area contributed by atoms with Gasteiger partial charge >= 0.3 is 0 Å². The molecule has 2 rings (SSSR count). The number of rotatable bonds is 7. The highest BCUT2D eigenvalue weighted by Crippen LogP contribution is 2.35. The smallest absolute Gasteiger partial charge is 0.260 e. The molecule has 1 aliphatic carbocycles. The third kappa shape index (κ3) is 4.02. The van der Waals surface area contributed by atoms with Crippen LogP contribution in [-0.2, 0) is 11.2 Å². The number of carbonyl (C=O) groups excluding carboxylic acids is 1. The Morgan fingerprint density at radius 2 is 2.19 bits per heavy atom. The van der Waals surface area contributed by atoms with Crippen molar-refractivity contribution in [1.82, 2.24) is 4.90 Å². The second kappa shape index (κ2) is 7.00. The number of benzene rings is 1. The molecule has 5 nitrogen and oxygen atoms in total. The Balaban J connectivity index is 2.11. The minimum Gasteiger partial charge on any atom is -0.493 e. The standard InChI is InChI=1S/C15H21ClN2O3/c1-18(12-3-4-12)14(19)9-21-15-10(5-6-17)7-11(16)8-13(15)20-2/h7-8,12H,3-6,9,17H2,1-2H3. The quantitative estimate of drug-likeness (QED) is 0.834. The zero-order chi connectivity index (χ0) is 15.4. The summed E-state index contributed by atoms with van der Waals surface area (Å²) in [5.41, 5.74) is 6.46. The molecule has 0 bridgehead atoms. The van der Waals surface area contributed by atoms with E-state index in [1.807, 2.05) is 7.05 Å². The highest BCUT2D eigenvalue weighted by molar-refractivity contribution is 6.30. The van der Waals surface area contributed by atoms with Gasteiger partial charge in [0.2, 0.25) is 0 Å². The molecule has 1 saturated carbocycles. The second-order valence-electron chi connectivity index (χ2n) is 5.16. The molecule has 1 aromatic carbocycles. The molecule has 0 atom stereocenters. The maximum Gasteiger partial charge on any atom is 0.260 e. The number of halogens is 1. The summed E-state index contributed by atoms with van der Waals surface area (Å²) in [6.45, 7) is 0.457. The van der Waals surface area contributed by atoms with Gasteiger partial charge in [0.25, 0.3) is 5.91 Å². The Bertz CT molecular complexity index is 518. The van der Waals surface area contributed by atoms with E-state index in [-0.39, 0.29) is 12.5 Å². The van der Waals surface area contributed by atoms with Crippen molar-refractivity contribution < 1.29 is 14.3 Å². The average Bonchev–Trinajstić information content (AvgIpc) is 3.29. The van der Waals surface area contributed by atoms with Gasteiger partial charge in [0.15, 0.2) is 18.1 Å². The van der Waals surface area contributed by atoms with Gasteiger partial charge in [0.05, 0.1) is 7.11 Å². The number of nitrogens with two attached hydrogens (primary N) is 1. The maximum absolute atomic E-state index is 12.0. The second-order valence-corrected chi connectivity index (χ2v) is 5.60. The van der Waals surface area contributed by atoms with Crippen LogP contribution in [-0.4, -0.2) is 44.2 Å². The third-order valence-corrected chi connectivity index (χ3v) is 3.78. The fraction of sp³-hybridized carbons (Fsp3) is 0.533. The van der Waals surface area contributed by atoms with E-state index in [1.165, 1.54) is 0 Å². The average molecular weight is 313 g/mol. The van der Waals surface area contributed by atoms with Crippen LogP contribution in [0.1, 0.15) is 18.4 Å². The van der Waals surface area contributed by atoms with Gasteiger partial charge < -0.3 is 20.1 Å². The van der Waals surface area contributed by atoms with Crippen molar-refractivity contribution in [3.8, 4) is 11.5 Å². The summed E-state index contributed by atoms with van der Waals surface area (Å²) in [6, 6.07) is 3.84. The Kier molecular flexibility index (Phi) is 5.31. The van der Waals surface area contributed by atoms with Crippen molar-refractivity contribution in [3.05, 3.63) is 22.7 Å². The molecule has 0 radical (unpaired) electrons.